The highest BCUT2D eigenvalue weighted by molar-refractivity contribution is 5.96. The van der Waals surface area contributed by atoms with Crippen LogP contribution in [0.3, 0.4) is 0 Å². The van der Waals surface area contributed by atoms with Crippen molar-refractivity contribution in [1.82, 2.24) is 10.5 Å². The third kappa shape index (κ3) is 2.72. The van der Waals surface area contributed by atoms with Crippen molar-refractivity contribution in [2.24, 2.45) is 0 Å². The minimum absolute atomic E-state index is 0.286. The predicted molar refractivity (Wildman–Crippen MR) is 72.6 cm³/mol. The first-order valence-electron chi connectivity index (χ1n) is 6.30. The van der Waals surface area contributed by atoms with Crippen molar-refractivity contribution in [3.05, 3.63) is 46.3 Å². The van der Waals surface area contributed by atoms with Gasteiger partial charge in [-0.3, -0.25) is 4.79 Å². The van der Waals surface area contributed by atoms with E-state index < -0.39 is 29.1 Å². The number of aryl methyl sites for hydroxylation is 2. The van der Waals surface area contributed by atoms with Crippen LogP contribution in [0.4, 0.5) is 14.5 Å². The molecule has 21 heavy (non-hydrogen) atoms. The number of nitrogens with two attached hydrogens (primary N) is 1. The maximum absolute atomic E-state index is 13.8. The zero-order valence-corrected chi connectivity index (χ0v) is 11.8. The van der Waals surface area contributed by atoms with Crippen LogP contribution in [0.25, 0.3) is 0 Å². The highest BCUT2D eigenvalue weighted by Gasteiger charge is 2.23. The summed E-state index contributed by atoms with van der Waals surface area (Å²) in [5, 5.41) is 6.29. The molecular weight excluding hydrogens is 280 g/mol. The number of benzene rings is 1. The van der Waals surface area contributed by atoms with Crippen molar-refractivity contribution in [3.63, 3.8) is 0 Å². The summed E-state index contributed by atoms with van der Waals surface area (Å²) in [6, 6.07) is 1.51. The van der Waals surface area contributed by atoms with Gasteiger partial charge in [-0.05, 0) is 32.9 Å². The van der Waals surface area contributed by atoms with Crippen molar-refractivity contribution in [3.8, 4) is 0 Å². The van der Waals surface area contributed by atoms with E-state index in [0.717, 1.165) is 12.1 Å². The van der Waals surface area contributed by atoms with Gasteiger partial charge >= 0.3 is 0 Å². The molecule has 1 aromatic carbocycles. The molecule has 0 spiro atoms. The first-order valence-corrected chi connectivity index (χ1v) is 6.30. The molecule has 0 radical (unpaired) electrons. The van der Waals surface area contributed by atoms with Crippen molar-refractivity contribution in [2.75, 3.05) is 5.73 Å². The average Bonchev–Trinajstić information content (AvgIpc) is 2.74. The van der Waals surface area contributed by atoms with Crippen molar-refractivity contribution >= 4 is 11.6 Å². The molecule has 1 atom stereocenters. The first kappa shape index (κ1) is 15.0. The van der Waals surface area contributed by atoms with E-state index in [2.05, 4.69) is 10.5 Å². The molecule has 1 amide bonds. The summed E-state index contributed by atoms with van der Waals surface area (Å²) < 4.78 is 32.5. The van der Waals surface area contributed by atoms with Crippen LogP contribution < -0.4 is 11.1 Å². The van der Waals surface area contributed by atoms with E-state index in [-0.39, 0.29) is 5.69 Å². The standard InChI is InChI=1S/C14H15F2N3O2/c1-6(11-7(2)19-21-8(11)3)18-14(20)12-9(15)4-5-10(17)13(12)16/h4-6H,17H2,1-3H3,(H,18,20). The highest BCUT2D eigenvalue weighted by Crippen LogP contribution is 2.23. The van der Waals surface area contributed by atoms with Gasteiger partial charge in [0.15, 0.2) is 5.82 Å². The third-order valence-corrected chi connectivity index (χ3v) is 3.22. The fourth-order valence-corrected chi connectivity index (χ4v) is 2.23. The Balaban J connectivity index is 2.29. The Morgan fingerprint density at radius 3 is 2.62 bits per heavy atom. The second-order valence-electron chi connectivity index (χ2n) is 4.76. The van der Waals surface area contributed by atoms with Crippen LogP contribution in [-0.4, -0.2) is 11.1 Å². The van der Waals surface area contributed by atoms with E-state index in [1.807, 2.05) is 0 Å². The number of hydrogen-bond acceptors (Lipinski definition) is 4. The number of amides is 1. The number of carbonyl (C=O) groups excluding carboxylic acids is 1. The molecule has 0 fully saturated rings. The summed E-state index contributed by atoms with van der Waals surface area (Å²) in [5.74, 6) is -2.39. The molecule has 3 N–H and O–H groups in total. The van der Waals surface area contributed by atoms with Gasteiger partial charge in [-0.15, -0.1) is 0 Å². The average molecular weight is 295 g/mol. The molecule has 1 aromatic heterocycles. The molecule has 0 saturated heterocycles. The lowest BCUT2D eigenvalue weighted by Gasteiger charge is -2.15. The number of aromatic nitrogens is 1. The number of carbonyl (C=O) groups is 1. The molecule has 0 aliphatic rings. The van der Waals surface area contributed by atoms with Gasteiger partial charge in [0, 0.05) is 5.56 Å². The minimum Gasteiger partial charge on any atom is -0.396 e. The molecule has 7 heteroatoms. The van der Waals surface area contributed by atoms with Crippen LogP contribution in [0.1, 0.15) is 40.3 Å². The van der Waals surface area contributed by atoms with Gasteiger partial charge in [-0.25, -0.2) is 8.78 Å². The summed E-state index contributed by atoms with van der Waals surface area (Å²) in [5.41, 5.74) is 5.65. The van der Waals surface area contributed by atoms with Gasteiger partial charge in [-0.2, -0.15) is 0 Å². The summed E-state index contributed by atoms with van der Waals surface area (Å²) in [6.45, 7) is 5.09. The minimum atomic E-state index is -1.07. The van der Waals surface area contributed by atoms with Crippen LogP contribution in [0.2, 0.25) is 0 Å². The van der Waals surface area contributed by atoms with Gasteiger partial charge in [0.2, 0.25) is 0 Å². The highest BCUT2D eigenvalue weighted by atomic mass is 19.1. The van der Waals surface area contributed by atoms with Crippen molar-refractivity contribution < 1.29 is 18.1 Å². The number of nitrogen functional groups attached to an aromatic ring is 1. The van der Waals surface area contributed by atoms with E-state index in [1.165, 1.54) is 0 Å². The smallest absolute Gasteiger partial charge is 0.257 e. The molecule has 0 aliphatic heterocycles. The third-order valence-electron chi connectivity index (χ3n) is 3.22. The maximum atomic E-state index is 13.8. The summed E-state index contributed by atoms with van der Waals surface area (Å²) >= 11 is 0. The number of rotatable bonds is 3. The Morgan fingerprint density at radius 2 is 2.05 bits per heavy atom. The fraction of sp³-hybridized carbons (Fsp3) is 0.286. The predicted octanol–water partition coefficient (Wildman–Crippen LogP) is 2.64. The van der Waals surface area contributed by atoms with Gasteiger partial charge in [0.25, 0.3) is 5.91 Å². The lowest BCUT2D eigenvalue weighted by Crippen LogP contribution is -2.29. The Bertz CT molecular complexity index is 678. The summed E-state index contributed by atoms with van der Waals surface area (Å²) in [6.07, 6.45) is 0. The Hall–Kier alpha value is -2.44. The summed E-state index contributed by atoms with van der Waals surface area (Å²) in [4.78, 5) is 12.1. The Kier molecular flexibility index (Phi) is 3.93. The van der Waals surface area contributed by atoms with Gasteiger partial charge < -0.3 is 15.6 Å². The lowest BCUT2D eigenvalue weighted by molar-refractivity contribution is 0.0931. The Morgan fingerprint density at radius 1 is 1.38 bits per heavy atom. The molecule has 112 valence electrons. The van der Waals surface area contributed by atoms with E-state index in [9.17, 15) is 13.6 Å². The van der Waals surface area contributed by atoms with E-state index in [0.29, 0.717) is 17.0 Å². The molecule has 1 heterocycles. The molecule has 0 saturated carbocycles. The number of halogens is 2. The van der Waals surface area contributed by atoms with Crippen LogP contribution in [0, 0.1) is 25.5 Å². The first-order chi connectivity index (χ1) is 9.82. The van der Waals surface area contributed by atoms with Crippen LogP contribution in [0.15, 0.2) is 16.7 Å². The zero-order chi connectivity index (χ0) is 15.7. The Labute approximate surface area is 120 Å². The molecule has 2 aromatic rings. The molecule has 2 rings (SSSR count). The zero-order valence-electron chi connectivity index (χ0n) is 11.8. The monoisotopic (exact) mass is 295 g/mol. The molecule has 5 nitrogen and oxygen atoms in total. The number of nitrogens with one attached hydrogen (secondary N) is 1. The summed E-state index contributed by atoms with van der Waals surface area (Å²) in [7, 11) is 0. The molecule has 0 bridgehead atoms. The largest absolute Gasteiger partial charge is 0.396 e. The van der Waals surface area contributed by atoms with Gasteiger partial charge in [-0.1, -0.05) is 5.16 Å². The normalized spacial score (nSPS) is 12.2. The topological polar surface area (TPSA) is 81.2 Å². The van der Waals surface area contributed by atoms with Gasteiger partial charge in [0.1, 0.15) is 17.1 Å². The van der Waals surface area contributed by atoms with E-state index in [1.54, 1.807) is 20.8 Å². The molecular formula is C14H15F2N3O2. The van der Waals surface area contributed by atoms with E-state index >= 15 is 0 Å². The van der Waals surface area contributed by atoms with Crippen LogP contribution in [0.5, 0.6) is 0 Å². The number of anilines is 1. The quantitative estimate of drug-likeness (QED) is 0.853. The number of nitrogens with zero attached hydrogens (tertiary/aromatic N) is 1. The SMILES string of the molecule is Cc1noc(C)c1C(C)NC(=O)c1c(F)ccc(N)c1F. The van der Waals surface area contributed by atoms with Gasteiger partial charge in [0.05, 0.1) is 17.4 Å². The molecule has 1 unspecified atom stereocenters. The van der Waals surface area contributed by atoms with Crippen LogP contribution >= 0.6 is 0 Å². The lowest BCUT2D eigenvalue weighted by atomic mass is 10.1. The fourth-order valence-electron chi connectivity index (χ4n) is 2.23. The number of hydrogen-bond donors (Lipinski definition) is 2. The van der Waals surface area contributed by atoms with E-state index in [4.69, 9.17) is 10.3 Å². The molecule has 0 aliphatic carbocycles. The van der Waals surface area contributed by atoms with Crippen molar-refractivity contribution in [2.45, 2.75) is 26.8 Å². The second kappa shape index (κ2) is 5.51. The van der Waals surface area contributed by atoms with Crippen LogP contribution in [-0.2, 0) is 0 Å². The maximum Gasteiger partial charge on any atom is 0.257 e. The second-order valence-corrected chi connectivity index (χ2v) is 4.76. The van der Waals surface area contributed by atoms with Crippen molar-refractivity contribution in [1.29, 1.82) is 0 Å².